The zero-order valence-corrected chi connectivity index (χ0v) is 18.5. The number of hydrogen-bond acceptors (Lipinski definition) is 7. The van der Waals surface area contributed by atoms with Gasteiger partial charge in [0.2, 0.25) is 0 Å². The second kappa shape index (κ2) is 10.6. The summed E-state index contributed by atoms with van der Waals surface area (Å²) in [7, 11) is 0. The third kappa shape index (κ3) is 5.37. The van der Waals surface area contributed by atoms with E-state index in [9.17, 15) is 5.26 Å². The lowest BCUT2D eigenvalue weighted by Gasteiger charge is -2.16. The predicted molar refractivity (Wildman–Crippen MR) is 122 cm³/mol. The van der Waals surface area contributed by atoms with Gasteiger partial charge in [0.1, 0.15) is 16.9 Å². The number of hydrazone groups is 1. The molecule has 4 N–H and O–H groups in total. The first kappa shape index (κ1) is 23.1. The quantitative estimate of drug-likeness (QED) is 0.248. The van der Waals surface area contributed by atoms with Crippen molar-refractivity contribution in [3.63, 3.8) is 0 Å². The van der Waals surface area contributed by atoms with Gasteiger partial charge in [0.15, 0.2) is 5.50 Å². The standard InChI is InChI=1S/C23H27FN4O2S/c1-14(2)30-21-9-6-15(12-16(21)13-25)22(24)31-23(28-26)19-5-3-4-18-17(19)7-8-20(18)27-10-11-29/h3-6,9,12,14,20,22,27,29H,7-8,10-11,26H2,1-2H3. The number of aliphatic hydroxyl groups is 1. The topological polar surface area (TPSA) is 104 Å². The lowest BCUT2D eigenvalue weighted by molar-refractivity contribution is 0.241. The van der Waals surface area contributed by atoms with Gasteiger partial charge in [-0.15, -0.1) is 0 Å². The molecular formula is C23H27FN4O2S. The van der Waals surface area contributed by atoms with Crippen LogP contribution in [0.4, 0.5) is 4.39 Å². The number of benzene rings is 2. The van der Waals surface area contributed by atoms with Crippen LogP contribution in [0.1, 0.15) is 59.6 Å². The highest BCUT2D eigenvalue weighted by Gasteiger charge is 2.27. The van der Waals surface area contributed by atoms with Crippen LogP contribution >= 0.6 is 11.8 Å². The summed E-state index contributed by atoms with van der Waals surface area (Å²) in [6.07, 6.45) is 1.64. The summed E-state index contributed by atoms with van der Waals surface area (Å²) in [5.74, 6) is 6.09. The van der Waals surface area contributed by atoms with E-state index >= 15 is 4.39 Å². The molecule has 0 bridgehead atoms. The van der Waals surface area contributed by atoms with Gasteiger partial charge >= 0.3 is 0 Å². The molecular weight excluding hydrogens is 415 g/mol. The van der Waals surface area contributed by atoms with E-state index in [1.807, 2.05) is 32.0 Å². The van der Waals surface area contributed by atoms with Crippen molar-refractivity contribution in [2.45, 2.75) is 44.3 Å². The second-order valence-corrected chi connectivity index (χ2v) is 8.58. The van der Waals surface area contributed by atoms with Gasteiger partial charge in [0.05, 0.1) is 18.3 Å². The van der Waals surface area contributed by atoms with Gasteiger partial charge in [-0.05, 0) is 55.5 Å². The van der Waals surface area contributed by atoms with Crippen LogP contribution in [0.3, 0.4) is 0 Å². The first-order valence-corrected chi connectivity index (χ1v) is 11.1. The summed E-state index contributed by atoms with van der Waals surface area (Å²) in [4.78, 5) is 0. The number of fused-ring (bicyclic) bond motifs is 1. The van der Waals surface area contributed by atoms with Crippen molar-refractivity contribution < 1.29 is 14.2 Å². The summed E-state index contributed by atoms with van der Waals surface area (Å²) in [6, 6.07) is 12.8. The minimum Gasteiger partial charge on any atom is -0.490 e. The fourth-order valence-corrected chi connectivity index (χ4v) is 4.63. The molecule has 0 heterocycles. The van der Waals surface area contributed by atoms with E-state index < -0.39 is 5.50 Å². The number of alkyl halides is 1. The van der Waals surface area contributed by atoms with Crippen molar-refractivity contribution in [3.8, 4) is 11.8 Å². The monoisotopic (exact) mass is 442 g/mol. The highest BCUT2D eigenvalue weighted by atomic mass is 32.2. The third-order valence-corrected chi connectivity index (χ3v) is 6.11. The van der Waals surface area contributed by atoms with Crippen LogP contribution in [0.5, 0.6) is 5.75 Å². The van der Waals surface area contributed by atoms with Crippen LogP contribution < -0.4 is 15.9 Å². The van der Waals surface area contributed by atoms with Crippen LogP contribution in [0.2, 0.25) is 0 Å². The minimum absolute atomic E-state index is 0.0755. The number of rotatable bonds is 8. The molecule has 31 heavy (non-hydrogen) atoms. The van der Waals surface area contributed by atoms with E-state index in [1.165, 1.54) is 6.07 Å². The van der Waals surface area contributed by atoms with Crippen molar-refractivity contribution in [3.05, 3.63) is 64.2 Å². The molecule has 0 amide bonds. The fourth-order valence-electron chi connectivity index (χ4n) is 3.77. The van der Waals surface area contributed by atoms with Crippen molar-refractivity contribution in [1.29, 1.82) is 5.26 Å². The maximum Gasteiger partial charge on any atom is 0.177 e. The molecule has 0 spiro atoms. The van der Waals surface area contributed by atoms with E-state index in [0.29, 0.717) is 28.5 Å². The maximum absolute atomic E-state index is 15.2. The van der Waals surface area contributed by atoms with Crippen molar-refractivity contribution >= 4 is 16.8 Å². The number of ether oxygens (including phenoxy) is 1. The Hall–Kier alpha value is -2.60. The van der Waals surface area contributed by atoms with Gasteiger partial charge in [-0.1, -0.05) is 36.0 Å². The molecule has 2 aromatic rings. The van der Waals surface area contributed by atoms with E-state index in [2.05, 4.69) is 16.5 Å². The molecule has 2 aromatic carbocycles. The van der Waals surface area contributed by atoms with E-state index in [-0.39, 0.29) is 18.8 Å². The highest BCUT2D eigenvalue weighted by Crippen LogP contribution is 2.39. The number of hydrogen-bond donors (Lipinski definition) is 3. The van der Waals surface area contributed by atoms with Crippen LogP contribution in [-0.2, 0) is 6.42 Å². The fraction of sp³-hybridized carbons (Fsp3) is 0.391. The largest absolute Gasteiger partial charge is 0.490 e. The molecule has 164 valence electrons. The SMILES string of the molecule is CC(C)Oc1ccc(C(F)SC(=NN)c2cccc3c2CCC3NCCO)cc1C#N. The number of nitrogens with zero attached hydrogens (tertiary/aromatic N) is 2. The molecule has 8 heteroatoms. The second-order valence-electron chi connectivity index (χ2n) is 7.54. The molecule has 2 atom stereocenters. The minimum atomic E-state index is -1.44. The Morgan fingerprint density at radius 1 is 1.42 bits per heavy atom. The molecule has 0 aliphatic heterocycles. The van der Waals surface area contributed by atoms with Crippen LogP contribution in [0.15, 0.2) is 41.5 Å². The van der Waals surface area contributed by atoms with Gasteiger partial charge < -0.3 is 21.0 Å². The lowest BCUT2D eigenvalue weighted by Crippen LogP contribution is -2.22. The van der Waals surface area contributed by atoms with Crippen molar-refractivity contribution in [1.82, 2.24) is 5.32 Å². The number of halogens is 1. The number of nitrogens with one attached hydrogen (secondary N) is 1. The average Bonchev–Trinajstić information content (AvgIpc) is 3.19. The zero-order chi connectivity index (χ0) is 22.4. The number of nitriles is 1. The van der Waals surface area contributed by atoms with Gasteiger partial charge in [-0.3, -0.25) is 0 Å². The predicted octanol–water partition coefficient (Wildman–Crippen LogP) is 3.94. The summed E-state index contributed by atoms with van der Waals surface area (Å²) < 4.78 is 20.8. The van der Waals surface area contributed by atoms with Gasteiger partial charge in [0, 0.05) is 18.2 Å². The Morgan fingerprint density at radius 3 is 2.90 bits per heavy atom. The van der Waals surface area contributed by atoms with Crippen LogP contribution in [-0.4, -0.2) is 29.4 Å². The molecule has 0 aromatic heterocycles. The zero-order valence-electron chi connectivity index (χ0n) is 17.6. The molecule has 1 aliphatic carbocycles. The molecule has 0 radical (unpaired) electrons. The normalized spacial score (nSPS) is 16.8. The van der Waals surface area contributed by atoms with Crippen LogP contribution in [0.25, 0.3) is 0 Å². The first-order valence-electron chi connectivity index (χ1n) is 10.2. The summed E-state index contributed by atoms with van der Waals surface area (Å²) in [5.41, 5.74) is 2.25. The summed E-state index contributed by atoms with van der Waals surface area (Å²) in [6.45, 7) is 4.33. The Balaban J connectivity index is 1.81. The Morgan fingerprint density at radius 2 is 2.23 bits per heavy atom. The van der Waals surface area contributed by atoms with E-state index in [4.69, 9.17) is 15.7 Å². The van der Waals surface area contributed by atoms with Gasteiger partial charge in [-0.2, -0.15) is 10.4 Å². The number of thioether (sulfide) groups is 1. The molecule has 2 unspecified atom stereocenters. The maximum atomic E-state index is 15.2. The highest BCUT2D eigenvalue weighted by molar-refractivity contribution is 8.14. The van der Waals surface area contributed by atoms with Crippen LogP contribution in [0, 0.1) is 11.3 Å². The smallest absolute Gasteiger partial charge is 0.177 e. The Kier molecular flexibility index (Phi) is 7.91. The molecule has 0 saturated heterocycles. The van der Waals surface area contributed by atoms with Gasteiger partial charge in [0.25, 0.3) is 0 Å². The Labute approximate surface area is 186 Å². The molecule has 3 rings (SSSR count). The number of aliphatic hydroxyl groups excluding tert-OH is 1. The first-order chi connectivity index (χ1) is 15.0. The van der Waals surface area contributed by atoms with Crippen molar-refractivity contribution in [2.75, 3.05) is 13.2 Å². The summed E-state index contributed by atoms with van der Waals surface area (Å²) in [5, 5.41) is 26.1. The van der Waals surface area contributed by atoms with E-state index in [1.54, 1.807) is 12.1 Å². The van der Waals surface area contributed by atoms with Crippen molar-refractivity contribution in [2.24, 2.45) is 10.9 Å². The van der Waals surface area contributed by atoms with E-state index in [0.717, 1.165) is 41.3 Å². The average molecular weight is 443 g/mol. The molecule has 0 fully saturated rings. The molecule has 1 aliphatic rings. The lowest BCUT2D eigenvalue weighted by atomic mass is 10.0. The summed E-state index contributed by atoms with van der Waals surface area (Å²) >= 11 is 0.923. The third-order valence-electron chi connectivity index (χ3n) is 5.08. The Bertz CT molecular complexity index is 990. The molecule has 0 saturated carbocycles. The number of nitrogens with two attached hydrogens (primary N) is 1. The van der Waals surface area contributed by atoms with Gasteiger partial charge in [-0.25, -0.2) is 4.39 Å². The molecule has 6 nitrogen and oxygen atoms in total.